The molecule has 7 nitrogen and oxygen atoms in total. The van der Waals surface area contributed by atoms with E-state index in [0.717, 1.165) is 36.1 Å². The third kappa shape index (κ3) is 7.17. The number of hydrogen-bond donors (Lipinski definition) is 2. The minimum Gasteiger partial charge on any atom is -0.497 e. The van der Waals surface area contributed by atoms with E-state index in [-0.39, 0.29) is 47.3 Å². The Kier molecular flexibility index (Phi) is 8.93. The number of sulfone groups is 1. The Morgan fingerprint density at radius 2 is 1.85 bits per heavy atom. The Bertz CT molecular complexity index is 1540. The van der Waals surface area contributed by atoms with Crippen LogP contribution in [0.15, 0.2) is 59.5 Å². The number of halogens is 4. The van der Waals surface area contributed by atoms with Crippen LogP contribution in [0.4, 0.5) is 23.2 Å². The third-order valence-corrected chi connectivity index (χ3v) is 8.03. The van der Waals surface area contributed by atoms with Crippen molar-refractivity contribution in [1.29, 1.82) is 0 Å². The minimum atomic E-state index is -4.53. The van der Waals surface area contributed by atoms with Gasteiger partial charge in [-0.05, 0) is 66.8 Å². The van der Waals surface area contributed by atoms with E-state index in [9.17, 15) is 35.9 Å². The van der Waals surface area contributed by atoms with Crippen LogP contribution in [0.1, 0.15) is 34.7 Å². The highest BCUT2D eigenvalue weighted by molar-refractivity contribution is 7.90. The van der Waals surface area contributed by atoms with Gasteiger partial charge in [-0.3, -0.25) is 4.79 Å². The number of benzene rings is 3. The number of ether oxygens (including phenoxy) is 2. The molecule has 0 heterocycles. The Morgan fingerprint density at radius 1 is 1.10 bits per heavy atom. The van der Waals surface area contributed by atoms with Gasteiger partial charge in [0.05, 0.1) is 24.2 Å². The normalized spacial score (nSPS) is 16.0. The lowest BCUT2D eigenvalue weighted by molar-refractivity contribution is -0.137. The van der Waals surface area contributed by atoms with Crippen LogP contribution in [0.5, 0.6) is 11.5 Å². The highest BCUT2D eigenvalue weighted by Crippen LogP contribution is 2.38. The van der Waals surface area contributed by atoms with Crippen LogP contribution >= 0.6 is 0 Å². The van der Waals surface area contributed by atoms with Crippen molar-refractivity contribution in [2.45, 2.75) is 36.4 Å². The lowest BCUT2D eigenvalue weighted by Gasteiger charge is -2.30. The van der Waals surface area contributed by atoms with Crippen LogP contribution in [0.25, 0.3) is 0 Å². The van der Waals surface area contributed by atoms with Crippen molar-refractivity contribution in [2.75, 3.05) is 31.9 Å². The first kappa shape index (κ1) is 30.3. The minimum absolute atomic E-state index is 0.0216. The molecule has 3 aromatic rings. The Labute approximate surface area is 235 Å². The van der Waals surface area contributed by atoms with Gasteiger partial charge in [-0.25, -0.2) is 12.8 Å². The third-order valence-electron chi connectivity index (χ3n) is 6.94. The SMILES string of the molecule is COc1cc(NC(C(=O)C2CCc3ccc(C(F)(F)F)cc3C2)c2ccc(F)cc2OCCO)cc(S(C)(=O)=O)c1. The maximum absolute atomic E-state index is 14.2. The molecule has 2 N–H and O–H groups in total. The molecule has 0 spiro atoms. The zero-order valence-electron chi connectivity index (χ0n) is 22.3. The standard InChI is InChI=1S/C29H29F4NO6S/c1-39-23-14-22(15-24(16-23)41(2,37)38)34-27(25-8-7-21(30)13-26(25)40-10-9-35)28(36)18-4-3-17-5-6-20(29(31,32)33)12-19(17)11-18/h5-8,12-16,18,27,34-35H,3-4,9-11H2,1-2H3. The van der Waals surface area contributed by atoms with Crippen molar-refractivity contribution in [3.63, 3.8) is 0 Å². The number of ketones is 1. The van der Waals surface area contributed by atoms with Gasteiger partial charge < -0.3 is 19.9 Å². The molecule has 0 aliphatic heterocycles. The van der Waals surface area contributed by atoms with Crippen molar-refractivity contribution in [2.24, 2.45) is 5.92 Å². The molecule has 0 amide bonds. The summed E-state index contributed by atoms with van der Waals surface area (Å²) in [6, 6.07) is 9.96. The van der Waals surface area contributed by atoms with Gasteiger partial charge >= 0.3 is 6.18 Å². The molecule has 220 valence electrons. The van der Waals surface area contributed by atoms with Crippen LogP contribution in [0.3, 0.4) is 0 Å². The molecule has 4 rings (SSSR count). The predicted molar refractivity (Wildman–Crippen MR) is 143 cm³/mol. The summed E-state index contributed by atoms with van der Waals surface area (Å²) in [7, 11) is -2.32. The van der Waals surface area contributed by atoms with Gasteiger partial charge in [0.15, 0.2) is 15.6 Å². The molecule has 1 aliphatic rings. The van der Waals surface area contributed by atoms with E-state index in [1.807, 2.05) is 0 Å². The van der Waals surface area contributed by atoms with Crippen molar-refractivity contribution in [3.05, 3.63) is 82.7 Å². The number of nitrogens with one attached hydrogen (secondary N) is 1. The summed E-state index contributed by atoms with van der Waals surface area (Å²) < 4.78 is 89.7. The maximum atomic E-state index is 14.2. The van der Waals surface area contributed by atoms with Crippen molar-refractivity contribution < 1.29 is 45.4 Å². The maximum Gasteiger partial charge on any atom is 0.416 e. The van der Waals surface area contributed by atoms with Gasteiger partial charge in [0.2, 0.25) is 0 Å². The van der Waals surface area contributed by atoms with E-state index in [4.69, 9.17) is 9.47 Å². The first-order chi connectivity index (χ1) is 19.3. The van der Waals surface area contributed by atoms with E-state index >= 15 is 0 Å². The number of aliphatic hydroxyl groups excluding tert-OH is 1. The lowest BCUT2D eigenvalue weighted by atomic mass is 9.78. The number of methoxy groups -OCH3 is 1. The topological polar surface area (TPSA) is 102 Å². The van der Waals surface area contributed by atoms with Gasteiger partial charge in [0.1, 0.15) is 30.0 Å². The van der Waals surface area contributed by atoms with Crippen LogP contribution in [-0.4, -0.2) is 45.9 Å². The van der Waals surface area contributed by atoms with E-state index in [1.54, 1.807) is 0 Å². The molecule has 0 saturated carbocycles. The molecular formula is C29H29F4NO6S. The number of carbonyl (C=O) groups is 1. The number of aryl methyl sites for hydroxylation is 1. The van der Waals surface area contributed by atoms with E-state index in [2.05, 4.69) is 5.32 Å². The number of anilines is 1. The van der Waals surface area contributed by atoms with Gasteiger partial charge in [-0.2, -0.15) is 13.2 Å². The predicted octanol–water partition coefficient (Wildman–Crippen LogP) is 5.16. The summed E-state index contributed by atoms with van der Waals surface area (Å²) in [4.78, 5) is 14.0. The van der Waals surface area contributed by atoms with Gasteiger partial charge in [0.25, 0.3) is 0 Å². The number of hydrogen-bond acceptors (Lipinski definition) is 7. The number of rotatable bonds is 10. The largest absolute Gasteiger partial charge is 0.497 e. The fraction of sp³-hybridized carbons (Fsp3) is 0.345. The number of aliphatic hydroxyl groups is 1. The summed E-state index contributed by atoms with van der Waals surface area (Å²) in [6.07, 6.45) is -2.73. The monoisotopic (exact) mass is 595 g/mol. The number of alkyl halides is 3. The molecule has 0 radical (unpaired) electrons. The molecule has 1 aliphatic carbocycles. The number of Topliss-reactive ketones (excluding diaryl/α,β-unsaturated/α-hetero) is 1. The molecule has 0 bridgehead atoms. The molecule has 2 atom stereocenters. The smallest absolute Gasteiger partial charge is 0.416 e. The molecule has 0 aromatic heterocycles. The molecule has 0 saturated heterocycles. The molecule has 41 heavy (non-hydrogen) atoms. The lowest BCUT2D eigenvalue weighted by Crippen LogP contribution is -2.32. The van der Waals surface area contributed by atoms with Crippen molar-refractivity contribution in [1.82, 2.24) is 0 Å². The average Bonchev–Trinajstić information content (AvgIpc) is 2.93. The zero-order valence-corrected chi connectivity index (χ0v) is 23.1. The fourth-order valence-electron chi connectivity index (χ4n) is 4.90. The summed E-state index contributed by atoms with van der Waals surface area (Å²) >= 11 is 0. The average molecular weight is 596 g/mol. The first-order valence-electron chi connectivity index (χ1n) is 12.7. The van der Waals surface area contributed by atoms with Crippen molar-refractivity contribution >= 4 is 21.3 Å². The van der Waals surface area contributed by atoms with Crippen LogP contribution in [-0.2, 0) is 33.6 Å². The second-order valence-corrected chi connectivity index (χ2v) is 11.8. The first-order valence-corrected chi connectivity index (χ1v) is 14.6. The molecule has 3 aromatic carbocycles. The molecule has 12 heteroatoms. The summed E-state index contributed by atoms with van der Waals surface area (Å²) in [5, 5.41) is 12.3. The second kappa shape index (κ2) is 12.1. The van der Waals surface area contributed by atoms with E-state index in [0.29, 0.717) is 18.4 Å². The molecule has 0 fully saturated rings. The van der Waals surface area contributed by atoms with E-state index in [1.165, 1.54) is 37.4 Å². The summed E-state index contributed by atoms with van der Waals surface area (Å²) in [5.74, 6) is -1.59. The van der Waals surface area contributed by atoms with Crippen LogP contribution in [0, 0.1) is 11.7 Å². The Balaban J connectivity index is 1.77. The van der Waals surface area contributed by atoms with Gasteiger partial charge in [0, 0.05) is 35.6 Å². The quantitative estimate of drug-likeness (QED) is 0.313. The van der Waals surface area contributed by atoms with Crippen LogP contribution < -0.4 is 14.8 Å². The van der Waals surface area contributed by atoms with Crippen LogP contribution in [0.2, 0.25) is 0 Å². The van der Waals surface area contributed by atoms with Gasteiger partial charge in [-0.15, -0.1) is 0 Å². The fourth-order valence-corrected chi connectivity index (χ4v) is 5.57. The highest BCUT2D eigenvalue weighted by Gasteiger charge is 2.35. The highest BCUT2D eigenvalue weighted by atomic mass is 32.2. The second-order valence-electron chi connectivity index (χ2n) is 9.82. The summed E-state index contributed by atoms with van der Waals surface area (Å²) in [5.41, 5.74) is 0.757. The van der Waals surface area contributed by atoms with Gasteiger partial charge in [-0.1, -0.05) is 6.07 Å². The number of fused-ring (bicyclic) bond motifs is 1. The Hall–Kier alpha value is -3.64. The number of carbonyl (C=O) groups excluding carboxylic acids is 1. The molecule has 2 unspecified atom stereocenters. The van der Waals surface area contributed by atoms with Crippen molar-refractivity contribution in [3.8, 4) is 11.5 Å². The van der Waals surface area contributed by atoms with E-state index < -0.39 is 45.1 Å². The molecular weight excluding hydrogens is 566 g/mol. The Morgan fingerprint density at radius 3 is 2.51 bits per heavy atom. The zero-order chi connectivity index (χ0) is 29.9. The summed E-state index contributed by atoms with van der Waals surface area (Å²) in [6.45, 7) is -0.567.